The molecule has 0 aliphatic rings. The van der Waals surface area contributed by atoms with E-state index >= 15 is 0 Å². The van der Waals surface area contributed by atoms with Crippen LogP contribution in [0.2, 0.25) is 0 Å². The van der Waals surface area contributed by atoms with Gasteiger partial charge in [0.1, 0.15) is 10.8 Å². The summed E-state index contributed by atoms with van der Waals surface area (Å²) in [6.45, 7) is 6.34. The van der Waals surface area contributed by atoms with Crippen LogP contribution in [0.15, 0.2) is 52.7 Å². The van der Waals surface area contributed by atoms with Crippen molar-refractivity contribution >= 4 is 34.7 Å². The lowest BCUT2D eigenvalue weighted by Gasteiger charge is -2.16. The molecule has 1 aromatic heterocycles. The highest BCUT2D eigenvalue weighted by atomic mass is 32.2. The van der Waals surface area contributed by atoms with Gasteiger partial charge in [0.05, 0.1) is 35.5 Å². The van der Waals surface area contributed by atoms with Crippen LogP contribution < -0.4 is 10.1 Å². The van der Waals surface area contributed by atoms with Gasteiger partial charge in [0, 0.05) is 15.5 Å². The lowest BCUT2D eigenvalue weighted by molar-refractivity contribution is -0.137. The fourth-order valence-electron chi connectivity index (χ4n) is 3.05. The molecule has 0 bridgehead atoms. The van der Waals surface area contributed by atoms with E-state index in [1.165, 1.54) is 29.2 Å². The number of nitrogens with one attached hydrogen (secondary N) is 1. The monoisotopic (exact) mass is 494 g/mol. The summed E-state index contributed by atoms with van der Waals surface area (Å²) in [6, 6.07) is 11.5. The number of amides is 1. The third-order valence-electron chi connectivity index (χ3n) is 4.79. The Morgan fingerprint density at radius 1 is 1.21 bits per heavy atom. The van der Waals surface area contributed by atoms with E-state index < -0.39 is 17.6 Å². The Balaban J connectivity index is 1.75. The van der Waals surface area contributed by atoms with E-state index in [0.717, 1.165) is 18.1 Å². The van der Waals surface area contributed by atoms with Gasteiger partial charge in [-0.2, -0.15) is 13.2 Å². The molecule has 33 heavy (non-hydrogen) atoms. The summed E-state index contributed by atoms with van der Waals surface area (Å²) in [4.78, 5) is 17.5. The minimum atomic E-state index is -4.58. The smallest absolute Gasteiger partial charge is 0.418 e. The first-order valence-electron chi connectivity index (χ1n) is 10.6. The zero-order chi connectivity index (χ0) is 24.0. The maximum Gasteiger partial charge on any atom is 0.418 e. The molecule has 3 rings (SSSR count). The third kappa shape index (κ3) is 6.74. The Labute approximate surface area is 199 Å². The first kappa shape index (κ1) is 25.1. The van der Waals surface area contributed by atoms with Crippen LogP contribution in [0.1, 0.15) is 38.4 Å². The van der Waals surface area contributed by atoms with E-state index in [-0.39, 0.29) is 17.4 Å². The standard InChI is InChI=1S/C24H25F3N2O2S2/c1-4-15(3)33-17-10-11-20(19(13-17)24(25,26)27)29-22(30)12-16-14-32-23(28-16)18-8-6-7-9-21(18)31-5-2/h6-11,13-15H,4-5,12H2,1-3H3,(H,29,30). The number of carbonyl (C=O) groups excluding carboxylic acids is 1. The number of hydrogen-bond donors (Lipinski definition) is 1. The van der Waals surface area contributed by atoms with Crippen LogP contribution in [-0.4, -0.2) is 22.7 Å². The predicted molar refractivity (Wildman–Crippen MR) is 128 cm³/mol. The topological polar surface area (TPSA) is 51.2 Å². The number of para-hydroxylation sites is 1. The zero-order valence-electron chi connectivity index (χ0n) is 18.5. The molecule has 1 N–H and O–H groups in total. The zero-order valence-corrected chi connectivity index (χ0v) is 20.2. The van der Waals surface area contributed by atoms with Crippen LogP contribution in [0.3, 0.4) is 0 Å². The SMILES string of the molecule is CCOc1ccccc1-c1nc(CC(=O)Nc2ccc(SC(C)CC)cc2C(F)(F)F)cs1. The maximum atomic E-state index is 13.6. The Morgan fingerprint density at radius 3 is 2.67 bits per heavy atom. The number of ether oxygens (including phenoxy) is 1. The molecule has 176 valence electrons. The molecule has 0 fully saturated rings. The average molecular weight is 495 g/mol. The highest BCUT2D eigenvalue weighted by Gasteiger charge is 2.34. The number of hydrogen-bond acceptors (Lipinski definition) is 5. The normalized spacial score (nSPS) is 12.4. The molecule has 1 unspecified atom stereocenters. The predicted octanol–water partition coefficient (Wildman–Crippen LogP) is 7.30. The fourth-order valence-corrected chi connectivity index (χ4v) is 4.86. The van der Waals surface area contributed by atoms with Gasteiger partial charge < -0.3 is 10.1 Å². The van der Waals surface area contributed by atoms with Crippen LogP contribution in [0.5, 0.6) is 5.75 Å². The van der Waals surface area contributed by atoms with Crippen LogP contribution in [0, 0.1) is 0 Å². The lowest BCUT2D eigenvalue weighted by Crippen LogP contribution is -2.18. The minimum Gasteiger partial charge on any atom is -0.493 e. The number of benzene rings is 2. The molecular formula is C24H25F3N2O2S2. The highest BCUT2D eigenvalue weighted by molar-refractivity contribution is 7.99. The molecule has 0 aliphatic carbocycles. The number of aromatic nitrogens is 1. The number of halogens is 3. The highest BCUT2D eigenvalue weighted by Crippen LogP contribution is 2.38. The molecule has 9 heteroatoms. The molecule has 0 spiro atoms. The van der Waals surface area contributed by atoms with E-state index in [4.69, 9.17) is 4.74 Å². The Kier molecular flexibility index (Phi) is 8.42. The van der Waals surface area contributed by atoms with Crippen molar-refractivity contribution in [2.75, 3.05) is 11.9 Å². The Hall–Kier alpha value is -2.52. The van der Waals surface area contributed by atoms with E-state index in [1.807, 2.05) is 45.0 Å². The number of rotatable bonds is 9. The summed E-state index contributed by atoms with van der Waals surface area (Å²) in [7, 11) is 0. The average Bonchev–Trinajstić information content (AvgIpc) is 3.22. The molecule has 3 aromatic rings. The van der Waals surface area contributed by atoms with Crippen molar-refractivity contribution < 1.29 is 22.7 Å². The molecule has 2 aromatic carbocycles. The van der Waals surface area contributed by atoms with Gasteiger partial charge in [0.2, 0.25) is 5.91 Å². The van der Waals surface area contributed by atoms with Gasteiger partial charge in [-0.25, -0.2) is 4.98 Å². The van der Waals surface area contributed by atoms with Crippen LogP contribution in [0.25, 0.3) is 10.6 Å². The second kappa shape index (κ2) is 11.1. The first-order valence-corrected chi connectivity index (χ1v) is 12.3. The van der Waals surface area contributed by atoms with Gasteiger partial charge in [0.15, 0.2) is 0 Å². The molecule has 0 saturated carbocycles. The van der Waals surface area contributed by atoms with Crippen LogP contribution in [0.4, 0.5) is 18.9 Å². The summed E-state index contributed by atoms with van der Waals surface area (Å²) >= 11 is 2.73. The number of thiazole rings is 1. The van der Waals surface area contributed by atoms with Crippen molar-refractivity contribution in [2.24, 2.45) is 0 Å². The Morgan fingerprint density at radius 2 is 1.97 bits per heavy atom. The molecule has 0 aliphatic heterocycles. The third-order valence-corrected chi connectivity index (χ3v) is 6.98. The molecule has 1 heterocycles. The summed E-state index contributed by atoms with van der Waals surface area (Å²) in [5.74, 6) is 0.133. The number of nitrogens with zero attached hydrogens (tertiary/aromatic N) is 1. The summed E-state index contributed by atoms with van der Waals surface area (Å²) < 4.78 is 46.5. The second-order valence-electron chi connectivity index (χ2n) is 7.34. The summed E-state index contributed by atoms with van der Waals surface area (Å²) in [5, 5.41) is 5.02. The quantitative estimate of drug-likeness (QED) is 0.317. The van der Waals surface area contributed by atoms with E-state index in [0.29, 0.717) is 28.0 Å². The van der Waals surface area contributed by atoms with Crippen molar-refractivity contribution in [1.82, 2.24) is 4.98 Å². The van der Waals surface area contributed by atoms with Gasteiger partial charge in [-0.1, -0.05) is 26.0 Å². The number of thioether (sulfide) groups is 1. The van der Waals surface area contributed by atoms with E-state index in [2.05, 4.69) is 10.3 Å². The maximum absolute atomic E-state index is 13.6. The van der Waals surface area contributed by atoms with Gasteiger partial charge in [0.25, 0.3) is 0 Å². The van der Waals surface area contributed by atoms with Crippen LogP contribution in [-0.2, 0) is 17.4 Å². The Bertz CT molecular complexity index is 1100. The van der Waals surface area contributed by atoms with Gasteiger partial charge >= 0.3 is 6.18 Å². The minimum absolute atomic E-state index is 0.131. The summed E-state index contributed by atoms with van der Waals surface area (Å²) in [6.07, 6.45) is -3.87. The molecule has 1 amide bonds. The molecule has 4 nitrogen and oxygen atoms in total. The van der Waals surface area contributed by atoms with Crippen molar-refractivity contribution in [2.45, 2.75) is 49.9 Å². The van der Waals surface area contributed by atoms with E-state index in [1.54, 1.807) is 11.4 Å². The fraction of sp³-hybridized carbons (Fsp3) is 0.333. The molecule has 1 atom stereocenters. The molecule has 0 saturated heterocycles. The first-order chi connectivity index (χ1) is 15.7. The molecular weight excluding hydrogens is 469 g/mol. The number of alkyl halides is 3. The van der Waals surface area contributed by atoms with Crippen molar-refractivity contribution in [1.29, 1.82) is 0 Å². The number of anilines is 1. The van der Waals surface area contributed by atoms with Crippen molar-refractivity contribution in [3.8, 4) is 16.3 Å². The van der Waals surface area contributed by atoms with E-state index in [9.17, 15) is 18.0 Å². The molecule has 0 radical (unpaired) electrons. The van der Waals surface area contributed by atoms with Gasteiger partial charge in [-0.3, -0.25) is 4.79 Å². The lowest BCUT2D eigenvalue weighted by atomic mass is 10.1. The van der Waals surface area contributed by atoms with Gasteiger partial charge in [-0.05, 0) is 43.7 Å². The largest absolute Gasteiger partial charge is 0.493 e. The van der Waals surface area contributed by atoms with Crippen LogP contribution >= 0.6 is 23.1 Å². The number of carbonyl (C=O) groups is 1. The summed E-state index contributed by atoms with van der Waals surface area (Å²) in [5.41, 5.74) is 0.188. The van der Waals surface area contributed by atoms with Gasteiger partial charge in [-0.15, -0.1) is 23.1 Å². The van der Waals surface area contributed by atoms with Crippen molar-refractivity contribution in [3.05, 3.63) is 59.1 Å². The second-order valence-corrected chi connectivity index (χ2v) is 9.71. The van der Waals surface area contributed by atoms with Crippen molar-refractivity contribution in [3.63, 3.8) is 0 Å².